The van der Waals surface area contributed by atoms with Crippen LogP contribution >= 0.6 is 0 Å². The Morgan fingerprint density at radius 1 is 1.29 bits per heavy atom. The summed E-state index contributed by atoms with van der Waals surface area (Å²) < 4.78 is 17.0. The Morgan fingerprint density at radius 3 is 3.05 bits per heavy atom. The summed E-state index contributed by atoms with van der Waals surface area (Å²) >= 11 is 0. The molecule has 0 unspecified atom stereocenters. The Labute approximate surface area is 127 Å². The van der Waals surface area contributed by atoms with Gasteiger partial charge in [0.2, 0.25) is 0 Å². The van der Waals surface area contributed by atoms with Crippen LogP contribution in [-0.4, -0.2) is 44.9 Å². The molecular weight excluding hydrogens is 266 g/mol. The van der Waals surface area contributed by atoms with Crippen molar-refractivity contribution in [1.29, 1.82) is 0 Å². The van der Waals surface area contributed by atoms with Crippen molar-refractivity contribution in [2.75, 3.05) is 40.0 Å². The van der Waals surface area contributed by atoms with E-state index in [0.717, 1.165) is 57.4 Å². The maximum absolute atomic E-state index is 5.91. The van der Waals surface area contributed by atoms with Crippen molar-refractivity contribution in [2.45, 2.75) is 25.8 Å². The molecule has 0 radical (unpaired) electrons. The molecule has 2 aliphatic heterocycles. The average Bonchev–Trinajstić information content (AvgIpc) is 2.50. The Balaban J connectivity index is 1.71. The molecule has 1 atom stereocenters. The molecule has 0 amide bonds. The fourth-order valence-electron chi connectivity index (χ4n) is 3.27. The molecule has 1 saturated heterocycles. The van der Waals surface area contributed by atoms with Crippen molar-refractivity contribution >= 4 is 0 Å². The highest BCUT2D eigenvalue weighted by molar-refractivity contribution is 5.46. The molecule has 4 nitrogen and oxygen atoms in total. The van der Waals surface area contributed by atoms with Gasteiger partial charge in [-0.2, -0.15) is 0 Å². The second-order valence-corrected chi connectivity index (χ2v) is 5.97. The minimum Gasteiger partial charge on any atom is -0.493 e. The predicted molar refractivity (Wildman–Crippen MR) is 81.9 cm³/mol. The van der Waals surface area contributed by atoms with E-state index >= 15 is 0 Å². The largest absolute Gasteiger partial charge is 0.493 e. The van der Waals surface area contributed by atoms with Gasteiger partial charge in [-0.15, -0.1) is 0 Å². The van der Waals surface area contributed by atoms with Crippen molar-refractivity contribution in [3.63, 3.8) is 0 Å². The molecule has 0 N–H and O–H groups in total. The van der Waals surface area contributed by atoms with Gasteiger partial charge in [0, 0.05) is 31.8 Å². The van der Waals surface area contributed by atoms with Gasteiger partial charge in [-0.1, -0.05) is 12.1 Å². The summed E-state index contributed by atoms with van der Waals surface area (Å²) in [6, 6.07) is 6.16. The molecule has 4 heteroatoms. The first-order chi connectivity index (χ1) is 10.4. The summed E-state index contributed by atoms with van der Waals surface area (Å²) in [5, 5.41) is 0. The maximum atomic E-state index is 5.91. The van der Waals surface area contributed by atoms with Gasteiger partial charge < -0.3 is 14.2 Å². The highest BCUT2D eigenvalue weighted by Gasteiger charge is 2.21. The zero-order valence-corrected chi connectivity index (χ0v) is 12.8. The zero-order valence-electron chi connectivity index (χ0n) is 12.8. The molecule has 1 aromatic carbocycles. The van der Waals surface area contributed by atoms with Crippen molar-refractivity contribution in [1.82, 2.24) is 4.90 Å². The van der Waals surface area contributed by atoms with Gasteiger partial charge >= 0.3 is 0 Å². The van der Waals surface area contributed by atoms with E-state index in [2.05, 4.69) is 11.0 Å². The van der Waals surface area contributed by atoms with Crippen molar-refractivity contribution in [2.24, 2.45) is 5.92 Å². The molecule has 0 saturated carbocycles. The number of nitrogens with zero attached hydrogens (tertiary/aromatic N) is 1. The minimum atomic E-state index is 0.674. The van der Waals surface area contributed by atoms with E-state index in [-0.39, 0.29) is 0 Å². The molecule has 21 heavy (non-hydrogen) atoms. The number of ether oxygens (including phenoxy) is 3. The van der Waals surface area contributed by atoms with Crippen LogP contribution in [0.2, 0.25) is 0 Å². The van der Waals surface area contributed by atoms with Gasteiger partial charge in [0.1, 0.15) is 0 Å². The lowest BCUT2D eigenvalue weighted by Crippen LogP contribution is -2.35. The summed E-state index contributed by atoms with van der Waals surface area (Å²) in [4.78, 5) is 2.54. The second-order valence-electron chi connectivity index (χ2n) is 5.97. The number of methoxy groups -OCH3 is 1. The Hall–Kier alpha value is -1.26. The smallest absolute Gasteiger partial charge is 0.165 e. The summed E-state index contributed by atoms with van der Waals surface area (Å²) in [6.45, 7) is 5.75. The number of rotatable bonds is 3. The van der Waals surface area contributed by atoms with E-state index in [9.17, 15) is 0 Å². The average molecular weight is 291 g/mol. The van der Waals surface area contributed by atoms with Gasteiger partial charge in [-0.05, 0) is 31.2 Å². The van der Waals surface area contributed by atoms with Crippen LogP contribution in [0, 0.1) is 5.92 Å². The van der Waals surface area contributed by atoms with Crippen LogP contribution in [0.5, 0.6) is 11.5 Å². The summed E-state index contributed by atoms with van der Waals surface area (Å²) in [6.07, 6.45) is 3.55. The van der Waals surface area contributed by atoms with Crippen LogP contribution in [0.1, 0.15) is 24.8 Å². The molecule has 116 valence electrons. The fraction of sp³-hybridized carbons (Fsp3) is 0.647. The van der Waals surface area contributed by atoms with E-state index in [1.165, 1.54) is 18.4 Å². The molecule has 2 aliphatic rings. The van der Waals surface area contributed by atoms with Crippen molar-refractivity contribution in [3.05, 3.63) is 23.8 Å². The molecule has 2 heterocycles. The van der Waals surface area contributed by atoms with Gasteiger partial charge in [0.05, 0.1) is 20.3 Å². The first-order valence-electron chi connectivity index (χ1n) is 7.95. The lowest BCUT2D eigenvalue weighted by atomic mass is 10.0. The van der Waals surface area contributed by atoms with Crippen LogP contribution < -0.4 is 9.47 Å². The SMILES string of the molecule is COc1cccc2c1OCCCN(C[C@@H]1CCCOC1)C2. The molecule has 0 bridgehead atoms. The highest BCUT2D eigenvalue weighted by Crippen LogP contribution is 2.33. The number of hydrogen-bond donors (Lipinski definition) is 0. The van der Waals surface area contributed by atoms with Gasteiger partial charge in [-0.3, -0.25) is 4.90 Å². The molecule has 0 aromatic heterocycles. The number of para-hydroxylation sites is 1. The van der Waals surface area contributed by atoms with Crippen LogP contribution in [0.3, 0.4) is 0 Å². The lowest BCUT2D eigenvalue weighted by molar-refractivity contribution is 0.0354. The molecule has 0 aliphatic carbocycles. The quantitative estimate of drug-likeness (QED) is 0.857. The summed E-state index contributed by atoms with van der Waals surface area (Å²) in [7, 11) is 1.70. The summed E-state index contributed by atoms with van der Waals surface area (Å²) in [5.41, 5.74) is 1.23. The van der Waals surface area contributed by atoms with Crippen molar-refractivity contribution in [3.8, 4) is 11.5 Å². The zero-order chi connectivity index (χ0) is 14.5. The third-order valence-corrected chi connectivity index (χ3v) is 4.31. The first kappa shape index (κ1) is 14.7. The molecule has 1 aromatic rings. The second kappa shape index (κ2) is 7.14. The monoisotopic (exact) mass is 291 g/mol. The standard InChI is InChI=1S/C17H25NO3/c1-19-16-7-2-6-15-12-18(8-4-10-21-17(15)16)11-14-5-3-9-20-13-14/h2,6-7,14H,3-5,8-13H2,1H3/t14-/m0/s1. The van der Waals surface area contributed by atoms with E-state index in [1.54, 1.807) is 7.11 Å². The van der Waals surface area contributed by atoms with Gasteiger partial charge in [0.15, 0.2) is 11.5 Å². The predicted octanol–water partition coefficient (Wildman–Crippen LogP) is 2.71. The number of hydrogen-bond acceptors (Lipinski definition) is 4. The Bertz CT molecular complexity index is 457. The summed E-state index contributed by atoms with van der Waals surface area (Å²) in [5.74, 6) is 2.44. The minimum absolute atomic E-state index is 0.674. The van der Waals surface area contributed by atoms with E-state index in [0.29, 0.717) is 5.92 Å². The van der Waals surface area contributed by atoms with Crippen molar-refractivity contribution < 1.29 is 14.2 Å². The van der Waals surface area contributed by atoms with Crippen LogP contribution in [0.4, 0.5) is 0 Å². The highest BCUT2D eigenvalue weighted by atomic mass is 16.5. The molecule has 3 rings (SSSR count). The van der Waals surface area contributed by atoms with E-state index < -0.39 is 0 Å². The van der Waals surface area contributed by atoms with Crippen LogP contribution in [-0.2, 0) is 11.3 Å². The van der Waals surface area contributed by atoms with E-state index in [4.69, 9.17) is 14.2 Å². The Morgan fingerprint density at radius 2 is 2.24 bits per heavy atom. The normalized spacial score (nSPS) is 23.6. The third-order valence-electron chi connectivity index (χ3n) is 4.31. The fourth-order valence-corrected chi connectivity index (χ4v) is 3.27. The van der Waals surface area contributed by atoms with Gasteiger partial charge in [-0.25, -0.2) is 0 Å². The number of fused-ring (bicyclic) bond motifs is 1. The molecular formula is C17H25NO3. The molecule has 1 fully saturated rings. The van der Waals surface area contributed by atoms with E-state index in [1.807, 2.05) is 12.1 Å². The maximum Gasteiger partial charge on any atom is 0.165 e. The topological polar surface area (TPSA) is 30.9 Å². The molecule has 0 spiro atoms. The third kappa shape index (κ3) is 3.69. The lowest BCUT2D eigenvalue weighted by Gasteiger charge is -2.31. The van der Waals surface area contributed by atoms with Gasteiger partial charge in [0.25, 0.3) is 0 Å². The van der Waals surface area contributed by atoms with Crippen LogP contribution in [0.15, 0.2) is 18.2 Å². The first-order valence-corrected chi connectivity index (χ1v) is 7.95. The number of benzene rings is 1. The van der Waals surface area contributed by atoms with Crippen LogP contribution in [0.25, 0.3) is 0 Å². The Kier molecular flexibility index (Phi) is 4.99.